The quantitative estimate of drug-likeness (QED) is 0.109. The van der Waals surface area contributed by atoms with Crippen molar-refractivity contribution < 1.29 is 34.1 Å². The van der Waals surface area contributed by atoms with Gasteiger partial charge in [0.05, 0.1) is 31.2 Å². The van der Waals surface area contributed by atoms with Gasteiger partial charge in [-0.1, -0.05) is 96.8 Å². The number of morpholine rings is 1. The number of anilines is 1. The summed E-state index contributed by atoms with van der Waals surface area (Å²) in [5.74, 6) is 3.52. The third-order valence-electron chi connectivity index (χ3n) is 10.0. The number of amides is 2. The van der Waals surface area contributed by atoms with Crippen LogP contribution in [0, 0.1) is 17.8 Å². The van der Waals surface area contributed by atoms with Crippen molar-refractivity contribution in [1.29, 1.82) is 0 Å². The zero-order chi connectivity index (χ0) is 36.2. The molecule has 2 fully saturated rings. The zero-order valence-electron chi connectivity index (χ0n) is 28.4. The normalized spacial score (nSPS) is 24.5. The Morgan fingerprint density at radius 3 is 2.37 bits per heavy atom. The molecule has 0 radical (unpaired) electrons. The first kappa shape index (κ1) is 34.7. The molecule has 0 aromatic heterocycles. The van der Waals surface area contributed by atoms with Crippen molar-refractivity contribution in [2.24, 2.45) is 5.92 Å². The molecule has 4 aromatic rings. The first-order valence-corrected chi connectivity index (χ1v) is 17.3. The van der Waals surface area contributed by atoms with Crippen LogP contribution in [-0.4, -0.2) is 65.3 Å². The van der Waals surface area contributed by atoms with E-state index in [1.807, 2.05) is 77.7 Å². The van der Waals surface area contributed by atoms with Gasteiger partial charge in [-0.2, -0.15) is 0 Å². The summed E-state index contributed by atoms with van der Waals surface area (Å²) in [4.78, 5) is 46.6. The predicted molar refractivity (Wildman–Crippen MR) is 194 cm³/mol. The van der Waals surface area contributed by atoms with E-state index in [1.54, 1.807) is 36.4 Å². The number of rotatable bonds is 10. The number of aliphatic hydroxyl groups excluding tert-OH is 2. The van der Waals surface area contributed by atoms with E-state index in [4.69, 9.17) is 9.47 Å². The predicted octanol–water partition coefficient (Wildman–Crippen LogP) is 4.36. The Balaban J connectivity index is 1.58. The van der Waals surface area contributed by atoms with Crippen molar-refractivity contribution in [3.05, 3.63) is 144 Å². The maximum absolute atomic E-state index is 15.1. The van der Waals surface area contributed by atoms with Crippen LogP contribution in [-0.2, 0) is 24.5 Å². The Labute approximate surface area is 302 Å². The number of hydrogen-bond donors (Lipinski definition) is 4. The van der Waals surface area contributed by atoms with Crippen LogP contribution >= 0.6 is 0 Å². The van der Waals surface area contributed by atoms with Gasteiger partial charge in [-0.05, 0) is 41.0 Å². The van der Waals surface area contributed by atoms with Crippen molar-refractivity contribution >= 4 is 23.5 Å². The fourth-order valence-electron chi connectivity index (χ4n) is 8.14. The summed E-state index contributed by atoms with van der Waals surface area (Å²) < 4.78 is 12.6. The highest BCUT2D eigenvalue weighted by atomic mass is 16.6. The van der Waals surface area contributed by atoms with E-state index in [-0.39, 0.29) is 32.8 Å². The highest BCUT2D eigenvalue weighted by molar-refractivity contribution is 6.12. The lowest BCUT2D eigenvalue weighted by Gasteiger charge is -2.46. The fraction of sp³-hybridized carbons (Fsp3) is 0.262. The van der Waals surface area contributed by atoms with Gasteiger partial charge in [-0.3, -0.25) is 19.3 Å². The molecule has 4 N–H and O–H groups in total. The summed E-state index contributed by atoms with van der Waals surface area (Å²) in [5.41, 5.74) is 1.97. The van der Waals surface area contributed by atoms with Crippen LogP contribution < -0.4 is 15.4 Å². The summed E-state index contributed by atoms with van der Waals surface area (Å²) in [6.45, 7) is 3.49. The van der Waals surface area contributed by atoms with Crippen LogP contribution in [0.5, 0.6) is 5.75 Å². The first-order valence-electron chi connectivity index (χ1n) is 17.3. The molecule has 4 aromatic carbocycles. The Kier molecular flexibility index (Phi) is 9.92. The van der Waals surface area contributed by atoms with Gasteiger partial charge in [-0.25, -0.2) is 0 Å². The SMILES string of the molecule is C=CCNC(=O)C1C2C(=O)OC(c3ccccc3)C(c3ccccc3)N2C(c2ccccc2OCCO)C12C(=O)Nc1ccc(C#CCCO)cc12. The van der Waals surface area contributed by atoms with E-state index >= 15 is 4.79 Å². The molecule has 6 unspecified atom stereocenters. The van der Waals surface area contributed by atoms with Gasteiger partial charge in [0.15, 0.2) is 0 Å². The highest BCUT2D eigenvalue weighted by Crippen LogP contribution is 2.65. The number of cyclic esters (lactones) is 1. The number of fused-ring (bicyclic) bond motifs is 3. The molecule has 2 saturated heterocycles. The molecule has 52 heavy (non-hydrogen) atoms. The molecule has 2 amide bonds. The number of carbonyl (C=O) groups excluding carboxylic acids is 3. The highest BCUT2D eigenvalue weighted by Gasteiger charge is 2.74. The van der Waals surface area contributed by atoms with E-state index < -0.39 is 53.3 Å². The smallest absolute Gasteiger partial charge is 0.324 e. The van der Waals surface area contributed by atoms with Crippen LogP contribution in [0.4, 0.5) is 5.69 Å². The number of carbonyl (C=O) groups is 3. The van der Waals surface area contributed by atoms with Crippen molar-refractivity contribution in [1.82, 2.24) is 10.2 Å². The first-order chi connectivity index (χ1) is 25.4. The third kappa shape index (κ3) is 5.83. The molecule has 0 saturated carbocycles. The van der Waals surface area contributed by atoms with Gasteiger partial charge in [0.25, 0.3) is 0 Å². The number of esters is 1. The Morgan fingerprint density at radius 1 is 0.942 bits per heavy atom. The van der Waals surface area contributed by atoms with Gasteiger partial charge >= 0.3 is 5.97 Å². The summed E-state index contributed by atoms with van der Waals surface area (Å²) >= 11 is 0. The largest absolute Gasteiger partial charge is 0.491 e. The van der Waals surface area contributed by atoms with E-state index in [0.717, 1.165) is 11.1 Å². The summed E-state index contributed by atoms with van der Waals surface area (Å²) in [5, 5.41) is 25.2. The van der Waals surface area contributed by atoms with Gasteiger partial charge < -0.3 is 30.3 Å². The van der Waals surface area contributed by atoms with Gasteiger partial charge in [0, 0.05) is 29.8 Å². The molecule has 3 aliphatic heterocycles. The van der Waals surface area contributed by atoms with Crippen LogP contribution in [0.25, 0.3) is 0 Å². The third-order valence-corrected chi connectivity index (χ3v) is 10.0. The summed E-state index contributed by atoms with van der Waals surface area (Å²) in [6.07, 6.45) is 0.986. The molecule has 6 atom stereocenters. The Bertz CT molecular complexity index is 2040. The molecular formula is C42H39N3O7. The molecule has 10 heteroatoms. The number of para-hydroxylation sites is 1. The second kappa shape index (κ2) is 14.9. The van der Waals surface area contributed by atoms with Gasteiger partial charge in [-0.15, -0.1) is 6.58 Å². The minimum Gasteiger partial charge on any atom is -0.491 e. The second-order valence-electron chi connectivity index (χ2n) is 12.9. The van der Waals surface area contributed by atoms with Crippen molar-refractivity contribution in [3.8, 4) is 17.6 Å². The minimum atomic E-state index is -1.71. The lowest BCUT2D eigenvalue weighted by atomic mass is 9.65. The standard InChI is InChI=1S/C42H39N3O7/c1-2-22-43-39(48)34-36-40(49)52-37(29-16-7-4-8-17-29)35(28-14-5-3-6-15-28)45(36)38(30-18-9-10-19-33(30)51-25-24-47)42(34)31-26-27(13-11-12-23-46)20-21-32(31)44-41(42)50/h2-10,14-21,26,34-38,46-47H,1,12,22-25H2,(H,43,48)(H,44,50). The Morgan fingerprint density at radius 2 is 1.65 bits per heavy atom. The van der Waals surface area contributed by atoms with Crippen molar-refractivity contribution in [2.45, 2.75) is 36.1 Å². The number of benzene rings is 4. The molecule has 10 nitrogen and oxygen atoms in total. The molecule has 0 bridgehead atoms. The van der Waals surface area contributed by atoms with Crippen molar-refractivity contribution in [2.75, 3.05) is 31.7 Å². The molecule has 0 aliphatic carbocycles. The van der Waals surface area contributed by atoms with Gasteiger partial charge in [0.1, 0.15) is 29.9 Å². The average molecular weight is 698 g/mol. The topological polar surface area (TPSA) is 137 Å². The number of nitrogens with one attached hydrogen (secondary N) is 2. The lowest BCUT2D eigenvalue weighted by Crippen LogP contribution is -2.54. The van der Waals surface area contributed by atoms with Crippen LogP contribution in [0.15, 0.2) is 116 Å². The average Bonchev–Trinajstić information content (AvgIpc) is 3.65. The number of ether oxygens (including phenoxy) is 2. The van der Waals surface area contributed by atoms with Crippen LogP contribution in [0.1, 0.15) is 52.4 Å². The monoisotopic (exact) mass is 697 g/mol. The van der Waals surface area contributed by atoms with Crippen LogP contribution in [0.3, 0.4) is 0 Å². The molecular weight excluding hydrogens is 658 g/mol. The molecule has 3 aliphatic rings. The molecule has 3 heterocycles. The van der Waals surface area contributed by atoms with E-state index in [1.165, 1.54) is 0 Å². The van der Waals surface area contributed by atoms with E-state index in [2.05, 4.69) is 29.1 Å². The molecule has 7 rings (SSSR count). The zero-order valence-corrected chi connectivity index (χ0v) is 28.4. The second-order valence-corrected chi connectivity index (χ2v) is 12.9. The van der Waals surface area contributed by atoms with E-state index in [0.29, 0.717) is 28.1 Å². The summed E-state index contributed by atoms with van der Waals surface area (Å²) in [7, 11) is 0. The number of hydrogen-bond acceptors (Lipinski definition) is 8. The van der Waals surface area contributed by atoms with E-state index in [9.17, 15) is 19.8 Å². The Hall–Kier alpha value is -5.73. The fourth-order valence-corrected chi connectivity index (χ4v) is 8.14. The van der Waals surface area contributed by atoms with Gasteiger partial charge in [0.2, 0.25) is 11.8 Å². The van der Waals surface area contributed by atoms with Crippen molar-refractivity contribution in [3.63, 3.8) is 0 Å². The minimum absolute atomic E-state index is 0.0203. The summed E-state index contributed by atoms with van der Waals surface area (Å²) in [6, 6.07) is 28.8. The lowest BCUT2D eigenvalue weighted by molar-refractivity contribution is -0.178. The maximum atomic E-state index is 15.1. The number of aliphatic hydroxyl groups is 2. The number of nitrogens with zero attached hydrogens (tertiary/aromatic N) is 1. The maximum Gasteiger partial charge on any atom is 0.324 e. The molecule has 264 valence electrons. The molecule has 1 spiro atoms. The van der Waals surface area contributed by atoms with Crippen LogP contribution in [0.2, 0.25) is 0 Å².